The first-order valence-corrected chi connectivity index (χ1v) is 5.96. The van der Waals surface area contributed by atoms with Gasteiger partial charge in [0.05, 0.1) is 7.11 Å². The van der Waals surface area contributed by atoms with Gasteiger partial charge in [-0.2, -0.15) is 0 Å². The summed E-state index contributed by atoms with van der Waals surface area (Å²) in [5.41, 5.74) is 7.15. The number of benzene rings is 1. The van der Waals surface area contributed by atoms with E-state index in [1.807, 2.05) is 24.3 Å². The molecule has 1 aromatic carbocycles. The number of nitrogens with zero attached hydrogens (tertiary/aromatic N) is 2. The predicted octanol–water partition coefficient (Wildman–Crippen LogP) is 2.97. The Morgan fingerprint density at radius 3 is 2.17 bits per heavy atom. The number of hydrogen-bond acceptors (Lipinski definition) is 4. The molecule has 0 radical (unpaired) electrons. The van der Waals surface area contributed by atoms with Crippen LogP contribution in [0.25, 0.3) is 0 Å². The van der Waals surface area contributed by atoms with Gasteiger partial charge >= 0.3 is 0 Å². The maximum absolute atomic E-state index is 6.00. The van der Waals surface area contributed by atoms with Crippen molar-refractivity contribution in [2.75, 3.05) is 12.8 Å². The van der Waals surface area contributed by atoms with Gasteiger partial charge in [-0.15, -0.1) is 0 Å². The first-order valence-electron chi connectivity index (χ1n) is 5.20. The maximum Gasteiger partial charge on any atom is 0.222 e. The van der Waals surface area contributed by atoms with Crippen LogP contribution in [0.1, 0.15) is 11.1 Å². The Morgan fingerprint density at radius 1 is 1.11 bits per heavy atom. The zero-order valence-corrected chi connectivity index (χ0v) is 11.2. The summed E-state index contributed by atoms with van der Waals surface area (Å²) in [5.74, 6) is 0.869. The van der Waals surface area contributed by atoms with Crippen molar-refractivity contribution in [1.29, 1.82) is 0 Å². The Kier molecular flexibility index (Phi) is 3.89. The fourth-order valence-corrected chi connectivity index (χ4v) is 2.07. The first kappa shape index (κ1) is 12.9. The van der Waals surface area contributed by atoms with Gasteiger partial charge in [0.15, 0.2) is 0 Å². The van der Waals surface area contributed by atoms with Gasteiger partial charge in [0, 0.05) is 12.0 Å². The number of aromatic nitrogens is 2. The van der Waals surface area contributed by atoms with Crippen molar-refractivity contribution in [2.45, 2.75) is 6.42 Å². The molecule has 0 saturated heterocycles. The van der Waals surface area contributed by atoms with Gasteiger partial charge < -0.3 is 10.5 Å². The number of nitrogen functional groups attached to an aromatic ring is 1. The molecule has 0 amide bonds. The SMILES string of the molecule is COc1ccc(Cc2c(Cl)nc(N)nc2Cl)cc1. The van der Waals surface area contributed by atoms with E-state index in [1.54, 1.807) is 7.11 Å². The second-order valence-corrected chi connectivity index (χ2v) is 4.38. The minimum absolute atomic E-state index is 0.0727. The van der Waals surface area contributed by atoms with Crippen LogP contribution in [0.2, 0.25) is 10.3 Å². The summed E-state index contributed by atoms with van der Waals surface area (Å²) in [5, 5.41) is 0.562. The minimum Gasteiger partial charge on any atom is -0.497 e. The zero-order valence-electron chi connectivity index (χ0n) is 9.65. The smallest absolute Gasteiger partial charge is 0.222 e. The van der Waals surface area contributed by atoms with E-state index in [2.05, 4.69) is 9.97 Å². The average molecular weight is 284 g/mol. The van der Waals surface area contributed by atoms with Crippen LogP contribution in [0.5, 0.6) is 5.75 Å². The third-order valence-corrected chi connectivity index (χ3v) is 3.09. The molecule has 18 heavy (non-hydrogen) atoms. The Morgan fingerprint density at radius 2 is 1.67 bits per heavy atom. The maximum atomic E-state index is 6.00. The highest BCUT2D eigenvalue weighted by Crippen LogP contribution is 2.25. The molecule has 2 rings (SSSR count). The van der Waals surface area contributed by atoms with Crippen LogP contribution in [0.3, 0.4) is 0 Å². The Bertz CT molecular complexity index is 535. The van der Waals surface area contributed by atoms with Crippen molar-refractivity contribution < 1.29 is 4.74 Å². The van der Waals surface area contributed by atoms with E-state index in [0.717, 1.165) is 11.3 Å². The van der Waals surface area contributed by atoms with Gasteiger partial charge in [-0.3, -0.25) is 0 Å². The third kappa shape index (κ3) is 2.83. The Labute approximate surface area is 115 Å². The molecule has 1 aromatic heterocycles. The lowest BCUT2D eigenvalue weighted by atomic mass is 10.1. The van der Waals surface area contributed by atoms with Gasteiger partial charge in [0.25, 0.3) is 0 Å². The van der Waals surface area contributed by atoms with E-state index in [1.165, 1.54) is 0 Å². The molecule has 0 saturated carbocycles. The van der Waals surface area contributed by atoms with Crippen LogP contribution >= 0.6 is 23.2 Å². The molecular weight excluding hydrogens is 273 g/mol. The van der Waals surface area contributed by atoms with Crippen LogP contribution in [-0.2, 0) is 6.42 Å². The highest BCUT2D eigenvalue weighted by Gasteiger charge is 2.11. The predicted molar refractivity (Wildman–Crippen MR) is 72.3 cm³/mol. The van der Waals surface area contributed by atoms with Gasteiger partial charge in [-0.1, -0.05) is 35.3 Å². The molecule has 0 aliphatic carbocycles. The third-order valence-electron chi connectivity index (χ3n) is 2.46. The summed E-state index contributed by atoms with van der Waals surface area (Å²) in [7, 11) is 1.62. The average Bonchev–Trinajstić information content (AvgIpc) is 2.34. The Hall–Kier alpha value is -1.52. The normalized spacial score (nSPS) is 10.4. The summed E-state index contributed by atoms with van der Waals surface area (Å²) in [6.45, 7) is 0. The lowest BCUT2D eigenvalue weighted by Gasteiger charge is -2.07. The highest BCUT2D eigenvalue weighted by molar-refractivity contribution is 6.34. The quantitative estimate of drug-likeness (QED) is 0.880. The molecule has 1 heterocycles. The van der Waals surface area contributed by atoms with Crippen molar-refractivity contribution >= 4 is 29.2 Å². The van der Waals surface area contributed by atoms with Gasteiger partial charge in [-0.05, 0) is 17.7 Å². The van der Waals surface area contributed by atoms with Gasteiger partial charge in [-0.25, -0.2) is 9.97 Å². The van der Waals surface area contributed by atoms with E-state index in [0.29, 0.717) is 12.0 Å². The molecule has 0 fully saturated rings. The first-order chi connectivity index (χ1) is 8.60. The van der Waals surface area contributed by atoms with Crippen molar-refractivity contribution in [3.05, 3.63) is 45.7 Å². The Balaban J connectivity index is 2.28. The molecule has 4 nitrogen and oxygen atoms in total. The number of hydrogen-bond donors (Lipinski definition) is 1. The molecule has 0 bridgehead atoms. The number of ether oxygens (including phenoxy) is 1. The fourth-order valence-electron chi connectivity index (χ4n) is 1.54. The highest BCUT2D eigenvalue weighted by atomic mass is 35.5. The summed E-state index contributed by atoms with van der Waals surface area (Å²) in [6, 6.07) is 7.61. The van der Waals surface area contributed by atoms with Crippen molar-refractivity contribution in [1.82, 2.24) is 9.97 Å². The standard InChI is InChI=1S/C12H11Cl2N3O/c1-18-8-4-2-7(3-5-8)6-9-10(13)16-12(15)17-11(9)14/h2-5H,6H2,1H3,(H2,15,16,17). The zero-order chi connectivity index (χ0) is 13.1. The largest absolute Gasteiger partial charge is 0.497 e. The second-order valence-electron chi connectivity index (χ2n) is 3.67. The summed E-state index contributed by atoms with van der Waals surface area (Å²) >= 11 is 12.0. The molecule has 6 heteroatoms. The van der Waals surface area contributed by atoms with Crippen molar-refractivity contribution in [3.8, 4) is 5.75 Å². The van der Waals surface area contributed by atoms with Gasteiger partial charge in [0.1, 0.15) is 16.1 Å². The molecule has 0 aliphatic rings. The number of methoxy groups -OCH3 is 1. The number of anilines is 1. The summed E-state index contributed by atoms with van der Waals surface area (Å²) in [6.07, 6.45) is 0.544. The minimum atomic E-state index is 0.0727. The van der Waals surface area contributed by atoms with E-state index < -0.39 is 0 Å². The molecule has 0 spiro atoms. The monoisotopic (exact) mass is 283 g/mol. The number of rotatable bonds is 3. The second kappa shape index (κ2) is 5.42. The topological polar surface area (TPSA) is 61.0 Å². The molecule has 0 unspecified atom stereocenters. The number of nitrogens with two attached hydrogens (primary N) is 1. The van der Waals surface area contributed by atoms with Crippen molar-refractivity contribution in [3.63, 3.8) is 0 Å². The van der Waals surface area contributed by atoms with E-state index in [4.69, 9.17) is 33.7 Å². The molecule has 2 aromatic rings. The van der Waals surface area contributed by atoms with Crippen LogP contribution in [-0.4, -0.2) is 17.1 Å². The molecule has 94 valence electrons. The van der Waals surface area contributed by atoms with Crippen molar-refractivity contribution in [2.24, 2.45) is 0 Å². The van der Waals surface area contributed by atoms with Crippen LogP contribution in [0, 0.1) is 0 Å². The van der Waals surface area contributed by atoms with E-state index in [9.17, 15) is 0 Å². The molecular formula is C12H11Cl2N3O. The molecule has 0 atom stereocenters. The lowest BCUT2D eigenvalue weighted by molar-refractivity contribution is 0.414. The lowest BCUT2D eigenvalue weighted by Crippen LogP contribution is -2.01. The fraction of sp³-hybridized carbons (Fsp3) is 0.167. The van der Waals surface area contributed by atoms with Crippen LogP contribution in [0.15, 0.2) is 24.3 Å². The summed E-state index contributed by atoms with van der Waals surface area (Å²) in [4.78, 5) is 7.77. The van der Waals surface area contributed by atoms with E-state index in [-0.39, 0.29) is 16.3 Å². The molecule has 2 N–H and O–H groups in total. The number of halogens is 2. The van der Waals surface area contributed by atoms with Gasteiger partial charge in [0.2, 0.25) is 5.95 Å². The summed E-state index contributed by atoms with van der Waals surface area (Å²) < 4.78 is 5.09. The molecule has 0 aliphatic heterocycles. The van der Waals surface area contributed by atoms with E-state index >= 15 is 0 Å². The van der Waals surface area contributed by atoms with Crippen LogP contribution in [0.4, 0.5) is 5.95 Å². The van der Waals surface area contributed by atoms with Crippen LogP contribution < -0.4 is 10.5 Å².